The SMILES string of the molecule is CC/C=C\C/C=C\C/C=C\C/C=C\C/C=C\C/C=C\CCC(=O)NC(COP(=O)(O)OCC[N+](C)(C)C)C(O)/C=C/CCCCCCCCCCCCCCCCCCCCCC. The number of quaternary nitrogens is 1. The van der Waals surface area contributed by atoms with Crippen molar-refractivity contribution in [2.75, 3.05) is 40.9 Å². The van der Waals surface area contributed by atoms with Crippen LogP contribution in [0.2, 0.25) is 0 Å². The van der Waals surface area contributed by atoms with Crippen molar-refractivity contribution in [1.29, 1.82) is 0 Å². The number of aliphatic hydroxyl groups is 1. The molecule has 0 saturated heterocycles. The molecule has 364 valence electrons. The van der Waals surface area contributed by atoms with E-state index in [4.69, 9.17) is 9.05 Å². The van der Waals surface area contributed by atoms with Gasteiger partial charge in [-0.15, -0.1) is 0 Å². The Morgan fingerprint density at radius 3 is 1.37 bits per heavy atom. The Balaban J connectivity index is 4.44. The van der Waals surface area contributed by atoms with Gasteiger partial charge in [-0.25, -0.2) is 4.57 Å². The van der Waals surface area contributed by atoms with Crippen LogP contribution in [0.15, 0.2) is 85.1 Å². The number of rotatable bonds is 45. The fourth-order valence-electron chi connectivity index (χ4n) is 6.89. The van der Waals surface area contributed by atoms with Crippen LogP contribution in [0.3, 0.4) is 0 Å². The molecule has 0 aliphatic heterocycles. The first-order valence-corrected chi connectivity index (χ1v) is 27.0. The second kappa shape index (κ2) is 44.9. The third kappa shape index (κ3) is 47.5. The number of carbonyl (C=O) groups excluding carboxylic acids is 1. The Kier molecular flexibility index (Phi) is 43.2. The number of likely N-dealkylation sites (N-methyl/N-ethyl adjacent to an activating group) is 1. The summed E-state index contributed by atoms with van der Waals surface area (Å²) in [7, 11) is 1.52. The van der Waals surface area contributed by atoms with Crippen molar-refractivity contribution in [1.82, 2.24) is 5.32 Å². The topological polar surface area (TPSA) is 105 Å². The molecule has 3 N–H and O–H groups in total. The molecule has 0 aromatic carbocycles. The van der Waals surface area contributed by atoms with Crippen LogP contribution < -0.4 is 5.32 Å². The standard InChI is InChI=1S/C54H97N2O6P/c1-6-8-10-12-14-16-18-20-22-24-26-27-28-30-31-33-35-37-39-41-43-45-47-53(57)52(51-62-63(59,60)61-50-49-56(3,4)5)55-54(58)48-46-44-42-40-38-36-34-32-29-25-23-21-19-17-15-13-11-9-7-2/h9,11,15,17,21,23,29,32,36,38,42,44-45,47,52-53,57H,6-8,10,12-14,16,18-20,22,24-28,30-31,33-35,37,39-41,43,46,48-51H2,1-5H3,(H-,55,58,59,60)/p+1/b11-9-,17-15-,23-21-,32-29-,38-36-,44-42-,47-45+. The van der Waals surface area contributed by atoms with Gasteiger partial charge in [-0.3, -0.25) is 13.8 Å². The number of nitrogens with zero attached hydrogens (tertiary/aromatic N) is 1. The number of hydrogen-bond donors (Lipinski definition) is 3. The molecule has 0 spiro atoms. The van der Waals surface area contributed by atoms with Crippen LogP contribution in [0.25, 0.3) is 0 Å². The van der Waals surface area contributed by atoms with Crippen LogP contribution in [0.1, 0.15) is 200 Å². The maximum atomic E-state index is 12.9. The van der Waals surface area contributed by atoms with Crippen molar-refractivity contribution in [2.45, 2.75) is 212 Å². The second-order valence-electron chi connectivity index (χ2n) is 18.2. The molecule has 0 rings (SSSR count). The zero-order valence-corrected chi connectivity index (χ0v) is 42.2. The fourth-order valence-corrected chi connectivity index (χ4v) is 7.62. The van der Waals surface area contributed by atoms with Crippen LogP contribution in [0.5, 0.6) is 0 Å². The number of aliphatic hydroxyl groups excluding tert-OH is 1. The Hall–Kier alpha value is -2.32. The molecule has 63 heavy (non-hydrogen) atoms. The molecule has 1 amide bonds. The van der Waals surface area contributed by atoms with E-state index in [-0.39, 0.29) is 25.5 Å². The van der Waals surface area contributed by atoms with E-state index in [0.29, 0.717) is 17.4 Å². The summed E-state index contributed by atoms with van der Waals surface area (Å²) in [5.41, 5.74) is 0. The summed E-state index contributed by atoms with van der Waals surface area (Å²) >= 11 is 0. The Morgan fingerprint density at radius 1 is 0.556 bits per heavy atom. The maximum absolute atomic E-state index is 12.9. The van der Waals surface area contributed by atoms with Crippen LogP contribution in [-0.2, 0) is 18.4 Å². The van der Waals surface area contributed by atoms with Gasteiger partial charge >= 0.3 is 7.82 Å². The van der Waals surface area contributed by atoms with E-state index >= 15 is 0 Å². The van der Waals surface area contributed by atoms with Crippen molar-refractivity contribution in [3.05, 3.63) is 85.1 Å². The average molecular weight is 902 g/mol. The minimum atomic E-state index is -4.37. The van der Waals surface area contributed by atoms with Gasteiger partial charge in [-0.2, -0.15) is 0 Å². The third-order valence-electron chi connectivity index (χ3n) is 10.9. The van der Waals surface area contributed by atoms with Gasteiger partial charge in [0.25, 0.3) is 0 Å². The van der Waals surface area contributed by atoms with Gasteiger partial charge < -0.3 is 19.8 Å². The van der Waals surface area contributed by atoms with E-state index in [1.807, 2.05) is 39.4 Å². The number of allylic oxidation sites excluding steroid dienone is 13. The summed E-state index contributed by atoms with van der Waals surface area (Å²) in [6.07, 6.45) is 62.5. The van der Waals surface area contributed by atoms with E-state index in [9.17, 15) is 19.4 Å². The van der Waals surface area contributed by atoms with Gasteiger partial charge in [0.1, 0.15) is 13.2 Å². The normalized spacial score (nSPS) is 14.8. The number of unbranched alkanes of at least 4 members (excludes halogenated alkanes) is 20. The minimum absolute atomic E-state index is 0.0438. The van der Waals surface area contributed by atoms with Crippen LogP contribution >= 0.6 is 7.82 Å². The molecule has 0 saturated carbocycles. The van der Waals surface area contributed by atoms with Crippen LogP contribution in [0.4, 0.5) is 0 Å². The lowest BCUT2D eigenvalue weighted by Gasteiger charge is -2.25. The minimum Gasteiger partial charge on any atom is -0.387 e. The van der Waals surface area contributed by atoms with E-state index in [1.165, 1.54) is 116 Å². The number of hydrogen-bond acceptors (Lipinski definition) is 5. The molecule has 0 aliphatic rings. The van der Waals surface area contributed by atoms with Crippen molar-refractivity contribution >= 4 is 13.7 Å². The highest BCUT2D eigenvalue weighted by Gasteiger charge is 2.27. The maximum Gasteiger partial charge on any atom is 0.472 e. The van der Waals surface area contributed by atoms with E-state index < -0.39 is 20.0 Å². The summed E-state index contributed by atoms with van der Waals surface area (Å²) in [4.78, 5) is 23.2. The van der Waals surface area contributed by atoms with Crippen molar-refractivity contribution in [3.8, 4) is 0 Å². The molecule has 0 aromatic rings. The number of phosphoric ester groups is 1. The Labute approximate surface area is 388 Å². The molecule has 0 aromatic heterocycles. The highest BCUT2D eigenvalue weighted by Crippen LogP contribution is 2.43. The second-order valence-corrected chi connectivity index (χ2v) is 19.6. The van der Waals surface area contributed by atoms with Crippen LogP contribution in [0, 0.1) is 0 Å². The monoisotopic (exact) mass is 902 g/mol. The largest absolute Gasteiger partial charge is 0.472 e. The van der Waals surface area contributed by atoms with Gasteiger partial charge in [-0.1, -0.05) is 221 Å². The zero-order valence-electron chi connectivity index (χ0n) is 41.3. The zero-order chi connectivity index (χ0) is 46.4. The van der Waals surface area contributed by atoms with Crippen LogP contribution in [-0.4, -0.2) is 73.4 Å². The number of nitrogens with one attached hydrogen (secondary N) is 1. The molecule has 0 fully saturated rings. The molecule has 3 atom stereocenters. The molecule has 0 heterocycles. The van der Waals surface area contributed by atoms with Gasteiger partial charge in [0.15, 0.2) is 0 Å². The highest BCUT2D eigenvalue weighted by molar-refractivity contribution is 7.47. The van der Waals surface area contributed by atoms with Gasteiger partial charge in [0, 0.05) is 6.42 Å². The first kappa shape index (κ1) is 60.7. The average Bonchev–Trinajstić information content (AvgIpc) is 3.24. The summed E-state index contributed by atoms with van der Waals surface area (Å²) < 4.78 is 23.6. The number of carbonyl (C=O) groups is 1. The first-order chi connectivity index (χ1) is 30.5. The molecule has 8 nitrogen and oxygen atoms in total. The molecular weight excluding hydrogens is 804 g/mol. The predicted molar refractivity (Wildman–Crippen MR) is 272 cm³/mol. The quantitative estimate of drug-likeness (QED) is 0.0243. The van der Waals surface area contributed by atoms with Gasteiger partial charge in [0.05, 0.1) is 39.9 Å². The molecular formula is C54H98N2O6P+. The lowest BCUT2D eigenvalue weighted by molar-refractivity contribution is -0.870. The summed E-state index contributed by atoms with van der Waals surface area (Å²) in [5, 5.41) is 13.8. The molecule has 0 radical (unpaired) electrons. The lowest BCUT2D eigenvalue weighted by atomic mass is 10.0. The van der Waals surface area contributed by atoms with Gasteiger partial charge in [0.2, 0.25) is 5.91 Å². The molecule has 9 heteroatoms. The summed E-state index contributed by atoms with van der Waals surface area (Å²) in [6.45, 7) is 4.64. The van der Waals surface area contributed by atoms with E-state index in [1.54, 1.807) is 6.08 Å². The van der Waals surface area contributed by atoms with E-state index in [0.717, 1.165) is 57.8 Å². The smallest absolute Gasteiger partial charge is 0.387 e. The van der Waals surface area contributed by atoms with E-state index in [2.05, 4.69) is 79.9 Å². The Morgan fingerprint density at radius 2 is 0.952 bits per heavy atom. The van der Waals surface area contributed by atoms with Crippen molar-refractivity contribution in [3.63, 3.8) is 0 Å². The van der Waals surface area contributed by atoms with Crippen molar-refractivity contribution in [2.24, 2.45) is 0 Å². The summed E-state index contributed by atoms with van der Waals surface area (Å²) in [5.74, 6) is -0.261. The molecule has 0 aliphatic carbocycles. The Bertz CT molecular complexity index is 1300. The third-order valence-corrected chi connectivity index (χ3v) is 11.9. The summed E-state index contributed by atoms with van der Waals surface area (Å²) in [6, 6.07) is -0.892. The number of amides is 1. The predicted octanol–water partition coefficient (Wildman–Crippen LogP) is 14.9. The molecule has 3 unspecified atom stereocenters. The number of phosphoric acid groups is 1. The lowest BCUT2D eigenvalue weighted by Crippen LogP contribution is -2.45. The first-order valence-electron chi connectivity index (χ1n) is 25.5. The fraction of sp³-hybridized carbons (Fsp3) is 0.722. The van der Waals surface area contributed by atoms with Gasteiger partial charge in [-0.05, 0) is 57.8 Å². The molecule has 0 bridgehead atoms. The van der Waals surface area contributed by atoms with Crippen molar-refractivity contribution < 1.29 is 32.9 Å². The highest BCUT2D eigenvalue weighted by atomic mass is 31.2.